The van der Waals surface area contributed by atoms with Crippen molar-refractivity contribution in [1.29, 1.82) is 0 Å². The van der Waals surface area contributed by atoms with Crippen molar-refractivity contribution in [2.75, 3.05) is 7.11 Å². The molecule has 1 fully saturated rings. The number of carbonyl (C=O) groups is 2. The zero-order valence-electron chi connectivity index (χ0n) is 22.6. The lowest BCUT2D eigenvalue weighted by Crippen LogP contribution is -2.48. The number of carbonyl (C=O) groups excluding carboxylic acids is 2. The Labute approximate surface area is 225 Å². The van der Waals surface area contributed by atoms with Gasteiger partial charge < -0.3 is 19.5 Å². The van der Waals surface area contributed by atoms with Gasteiger partial charge in [-0.3, -0.25) is 4.79 Å². The smallest absolute Gasteiger partial charge is 0.407 e. The minimum Gasteiger partial charge on any atom is -0.468 e. The summed E-state index contributed by atoms with van der Waals surface area (Å²) < 4.78 is 17.3. The summed E-state index contributed by atoms with van der Waals surface area (Å²) in [5, 5.41) is 3.03. The van der Waals surface area contributed by atoms with E-state index in [1.165, 1.54) is 7.11 Å². The Morgan fingerprint density at radius 1 is 0.816 bits per heavy atom. The normalized spacial score (nSPS) is 17.8. The first-order chi connectivity index (χ1) is 18.2. The SMILES string of the molecule is COC(=O)C(Cc1ccccc1)(Cc1ccccc1)[C@H]1O[C@H]1[C@H](Cc1ccccc1)NC(=O)OC(C)(C)C. The first-order valence-corrected chi connectivity index (χ1v) is 13.1. The number of hydrogen-bond acceptors (Lipinski definition) is 5. The van der Waals surface area contributed by atoms with Crippen molar-refractivity contribution in [2.24, 2.45) is 5.41 Å². The average molecular weight is 516 g/mol. The maximum atomic E-state index is 13.6. The second kappa shape index (κ2) is 11.8. The number of hydrogen-bond donors (Lipinski definition) is 1. The Morgan fingerprint density at radius 3 is 1.74 bits per heavy atom. The second-order valence-electron chi connectivity index (χ2n) is 10.9. The van der Waals surface area contributed by atoms with Crippen molar-refractivity contribution in [2.45, 2.75) is 63.9 Å². The van der Waals surface area contributed by atoms with Crippen LogP contribution in [0.15, 0.2) is 91.0 Å². The van der Waals surface area contributed by atoms with Gasteiger partial charge in [-0.1, -0.05) is 91.0 Å². The predicted octanol–water partition coefficient (Wildman–Crippen LogP) is 5.53. The van der Waals surface area contributed by atoms with E-state index < -0.39 is 35.4 Å². The maximum absolute atomic E-state index is 13.6. The van der Waals surface area contributed by atoms with Crippen LogP contribution in [0.2, 0.25) is 0 Å². The lowest BCUT2D eigenvalue weighted by molar-refractivity contribution is -0.154. The Bertz CT molecular complexity index is 1150. The van der Waals surface area contributed by atoms with Gasteiger partial charge in [-0.15, -0.1) is 0 Å². The molecule has 4 rings (SSSR count). The molecule has 0 saturated carbocycles. The van der Waals surface area contributed by atoms with Crippen LogP contribution in [0.5, 0.6) is 0 Å². The van der Waals surface area contributed by atoms with E-state index in [0.29, 0.717) is 19.3 Å². The second-order valence-corrected chi connectivity index (χ2v) is 10.9. The fourth-order valence-electron chi connectivity index (χ4n) is 5.10. The molecule has 0 unspecified atom stereocenters. The third kappa shape index (κ3) is 7.01. The first kappa shape index (κ1) is 27.4. The number of ether oxygens (including phenoxy) is 3. The number of epoxide rings is 1. The summed E-state index contributed by atoms with van der Waals surface area (Å²) in [5.41, 5.74) is 1.47. The van der Waals surface area contributed by atoms with Gasteiger partial charge in [-0.25, -0.2) is 4.79 Å². The lowest BCUT2D eigenvalue weighted by atomic mass is 9.72. The predicted molar refractivity (Wildman–Crippen MR) is 147 cm³/mol. The molecule has 38 heavy (non-hydrogen) atoms. The van der Waals surface area contributed by atoms with E-state index in [2.05, 4.69) is 5.32 Å². The minimum absolute atomic E-state index is 0.326. The van der Waals surface area contributed by atoms with Crippen molar-refractivity contribution in [3.63, 3.8) is 0 Å². The number of amides is 1. The summed E-state index contributed by atoms with van der Waals surface area (Å²) in [7, 11) is 1.42. The molecule has 0 radical (unpaired) electrons. The highest BCUT2D eigenvalue weighted by Gasteiger charge is 2.62. The Hall–Kier alpha value is -3.64. The van der Waals surface area contributed by atoms with E-state index in [1.54, 1.807) is 0 Å². The highest BCUT2D eigenvalue weighted by atomic mass is 16.6. The zero-order chi connectivity index (χ0) is 27.2. The molecule has 1 heterocycles. The number of benzene rings is 3. The van der Waals surface area contributed by atoms with Gasteiger partial charge in [0, 0.05) is 0 Å². The molecule has 1 saturated heterocycles. The summed E-state index contributed by atoms with van der Waals surface area (Å²) in [6.45, 7) is 5.49. The molecule has 3 atom stereocenters. The number of rotatable bonds is 10. The third-order valence-electron chi connectivity index (χ3n) is 6.78. The van der Waals surface area contributed by atoms with Gasteiger partial charge in [0.15, 0.2) is 0 Å². The topological polar surface area (TPSA) is 77.2 Å². The van der Waals surface area contributed by atoms with E-state index in [-0.39, 0.29) is 5.97 Å². The van der Waals surface area contributed by atoms with Gasteiger partial charge in [0.2, 0.25) is 0 Å². The third-order valence-corrected chi connectivity index (χ3v) is 6.78. The Kier molecular flexibility index (Phi) is 8.52. The molecule has 6 heteroatoms. The van der Waals surface area contributed by atoms with E-state index in [4.69, 9.17) is 14.2 Å². The largest absolute Gasteiger partial charge is 0.468 e. The van der Waals surface area contributed by atoms with Crippen LogP contribution in [0.1, 0.15) is 37.5 Å². The van der Waals surface area contributed by atoms with Crippen molar-refractivity contribution >= 4 is 12.1 Å². The van der Waals surface area contributed by atoms with Crippen LogP contribution in [-0.4, -0.2) is 43.0 Å². The summed E-state index contributed by atoms with van der Waals surface area (Å²) in [6.07, 6.45) is 0.0628. The molecule has 0 aromatic heterocycles. The lowest BCUT2D eigenvalue weighted by Gasteiger charge is -2.31. The Balaban J connectivity index is 1.68. The maximum Gasteiger partial charge on any atom is 0.407 e. The average Bonchev–Trinajstić information content (AvgIpc) is 3.70. The molecule has 0 bridgehead atoms. The Morgan fingerprint density at radius 2 is 1.29 bits per heavy atom. The molecule has 0 spiro atoms. The van der Waals surface area contributed by atoms with Crippen molar-refractivity contribution < 1.29 is 23.8 Å². The number of methoxy groups -OCH3 is 1. The fourth-order valence-corrected chi connectivity index (χ4v) is 5.10. The van der Waals surface area contributed by atoms with E-state index in [0.717, 1.165) is 16.7 Å². The van der Waals surface area contributed by atoms with Gasteiger partial charge in [0.1, 0.15) is 23.2 Å². The van der Waals surface area contributed by atoms with Crippen molar-refractivity contribution in [3.8, 4) is 0 Å². The summed E-state index contributed by atoms with van der Waals surface area (Å²) >= 11 is 0. The number of esters is 1. The van der Waals surface area contributed by atoms with Crippen LogP contribution in [0.3, 0.4) is 0 Å². The molecular formula is C32H37NO5. The highest BCUT2D eigenvalue weighted by molar-refractivity contribution is 5.79. The van der Waals surface area contributed by atoms with E-state index in [9.17, 15) is 9.59 Å². The van der Waals surface area contributed by atoms with Crippen LogP contribution in [-0.2, 0) is 38.3 Å². The van der Waals surface area contributed by atoms with Crippen molar-refractivity contribution in [3.05, 3.63) is 108 Å². The molecule has 1 aliphatic rings. The minimum atomic E-state index is -0.979. The molecule has 3 aromatic rings. The fraction of sp³-hybridized carbons (Fsp3) is 0.375. The molecule has 200 valence electrons. The highest BCUT2D eigenvalue weighted by Crippen LogP contribution is 2.46. The van der Waals surface area contributed by atoms with E-state index in [1.807, 2.05) is 112 Å². The molecule has 6 nitrogen and oxygen atoms in total. The summed E-state index contributed by atoms with van der Waals surface area (Å²) in [5.74, 6) is -0.326. The zero-order valence-corrected chi connectivity index (χ0v) is 22.6. The van der Waals surface area contributed by atoms with Crippen molar-refractivity contribution in [1.82, 2.24) is 5.32 Å². The molecular weight excluding hydrogens is 478 g/mol. The standard InChI is InChI=1S/C32H37NO5/c1-31(2,3)38-30(35)33-26(20-23-14-8-5-9-15-23)27-28(37-27)32(29(34)36-4,21-24-16-10-6-11-17-24)22-25-18-12-7-13-19-25/h5-19,26-28H,20-22H2,1-4H3,(H,33,35)/t26-,27-,28-/m0/s1. The van der Waals surface area contributed by atoms with Gasteiger partial charge in [0.05, 0.1) is 13.2 Å². The quantitative estimate of drug-likeness (QED) is 0.284. The number of alkyl carbamates (subject to hydrolysis) is 1. The summed E-state index contributed by atoms with van der Waals surface area (Å²) in [6, 6.07) is 29.4. The van der Waals surface area contributed by atoms with E-state index >= 15 is 0 Å². The number of nitrogens with one attached hydrogen (secondary N) is 1. The van der Waals surface area contributed by atoms with Crippen LogP contribution in [0.25, 0.3) is 0 Å². The van der Waals surface area contributed by atoms with Gasteiger partial charge >= 0.3 is 12.1 Å². The molecule has 3 aromatic carbocycles. The van der Waals surface area contributed by atoms with Crippen LogP contribution < -0.4 is 5.32 Å². The van der Waals surface area contributed by atoms with Crippen LogP contribution in [0.4, 0.5) is 4.79 Å². The van der Waals surface area contributed by atoms with Crippen LogP contribution in [0, 0.1) is 5.41 Å². The van der Waals surface area contributed by atoms with Gasteiger partial charge in [-0.05, 0) is 56.7 Å². The van der Waals surface area contributed by atoms with Gasteiger partial charge in [-0.2, -0.15) is 0 Å². The summed E-state index contributed by atoms with van der Waals surface area (Å²) in [4.78, 5) is 26.5. The first-order valence-electron chi connectivity index (χ1n) is 13.1. The molecule has 1 N–H and O–H groups in total. The van der Waals surface area contributed by atoms with Crippen LogP contribution >= 0.6 is 0 Å². The monoisotopic (exact) mass is 515 g/mol. The molecule has 1 aliphatic heterocycles. The molecule has 0 aliphatic carbocycles. The van der Waals surface area contributed by atoms with Gasteiger partial charge in [0.25, 0.3) is 0 Å². The molecule has 1 amide bonds.